The second kappa shape index (κ2) is 7.28. The Labute approximate surface area is 97.2 Å². The fourth-order valence-corrected chi connectivity index (χ4v) is 1.64. The van der Waals surface area contributed by atoms with Crippen LogP contribution in [0, 0.1) is 0 Å². The van der Waals surface area contributed by atoms with Crippen LogP contribution in [0.15, 0.2) is 12.7 Å². The minimum absolute atomic E-state index is 0.117. The van der Waals surface area contributed by atoms with Gasteiger partial charge in [-0.15, -0.1) is 6.58 Å². The number of unbranched alkanes of at least 4 members (excludes halogenated alkanes) is 2. The van der Waals surface area contributed by atoms with Crippen LogP contribution in [-0.2, 0) is 9.47 Å². The predicted molar refractivity (Wildman–Crippen MR) is 62.4 cm³/mol. The molecule has 1 amide bonds. The molecule has 0 aromatic rings. The molecular formula is C12H21NO3. The largest absolute Gasteiger partial charge is 0.442 e. The Morgan fingerprint density at radius 3 is 3.12 bits per heavy atom. The molecule has 1 fully saturated rings. The van der Waals surface area contributed by atoms with Crippen LogP contribution in [0.2, 0.25) is 0 Å². The van der Waals surface area contributed by atoms with Crippen LogP contribution in [0.25, 0.3) is 0 Å². The number of cyclic esters (lactones) is 1. The van der Waals surface area contributed by atoms with Gasteiger partial charge in [0, 0.05) is 13.2 Å². The lowest BCUT2D eigenvalue weighted by Gasteiger charge is -2.09. The molecule has 1 aliphatic heterocycles. The normalized spacial score (nSPS) is 19.9. The van der Waals surface area contributed by atoms with Crippen LogP contribution in [0.5, 0.6) is 0 Å². The maximum atomic E-state index is 11.3. The fourth-order valence-electron chi connectivity index (χ4n) is 1.64. The second-order valence-corrected chi connectivity index (χ2v) is 3.98. The summed E-state index contributed by atoms with van der Waals surface area (Å²) >= 11 is 0. The van der Waals surface area contributed by atoms with Gasteiger partial charge in [-0.1, -0.05) is 25.8 Å². The van der Waals surface area contributed by atoms with Crippen molar-refractivity contribution in [3.63, 3.8) is 0 Å². The zero-order valence-electron chi connectivity index (χ0n) is 9.98. The van der Waals surface area contributed by atoms with E-state index >= 15 is 0 Å². The Morgan fingerprint density at radius 2 is 2.44 bits per heavy atom. The van der Waals surface area contributed by atoms with Gasteiger partial charge >= 0.3 is 6.09 Å². The number of nitrogens with zero attached hydrogens (tertiary/aromatic N) is 1. The molecule has 1 rings (SSSR count). The van der Waals surface area contributed by atoms with E-state index in [2.05, 4.69) is 13.5 Å². The van der Waals surface area contributed by atoms with Crippen molar-refractivity contribution in [2.24, 2.45) is 0 Å². The van der Waals surface area contributed by atoms with Crippen molar-refractivity contribution in [2.75, 3.05) is 26.3 Å². The third kappa shape index (κ3) is 4.23. The molecule has 1 atom stereocenters. The third-order valence-corrected chi connectivity index (χ3v) is 2.50. The Morgan fingerprint density at radius 1 is 1.62 bits per heavy atom. The van der Waals surface area contributed by atoms with Crippen LogP contribution in [0.4, 0.5) is 4.79 Å². The maximum Gasteiger partial charge on any atom is 0.410 e. The second-order valence-electron chi connectivity index (χ2n) is 3.98. The molecule has 0 bridgehead atoms. The summed E-state index contributed by atoms with van der Waals surface area (Å²) in [6.45, 7) is 8.17. The first kappa shape index (κ1) is 13.0. The molecule has 0 aliphatic carbocycles. The topological polar surface area (TPSA) is 38.8 Å². The third-order valence-electron chi connectivity index (χ3n) is 2.50. The van der Waals surface area contributed by atoms with E-state index in [0.717, 1.165) is 13.0 Å². The van der Waals surface area contributed by atoms with Crippen molar-refractivity contribution in [3.05, 3.63) is 12.7 Å². The first-order valence-corrected chi connectivity index (χ1v) is 5.92. The van der Waals surface area contributed by atoms with E-state index in [1.807, 2.05) is 0 Å². The van der Waals surface area contributed by atoms with Gasteiger partial charge in [0.25, 0.3) is 0 Å². The monoisotopic (exact) mass is 227 g/mol. The van der Waals surface area contributed by atoms with Gasteiger partial charge in [-0.3, -0.25) is 0 Å². The van der Waals surface area contributed by atoms with Crippen molar-refractivity contribution < 1.29 is 14.3 Å². The highest BCUT2D eigenvalue weighted by molar-refractivity contribution is 5.70. The SMILES string of the molecule is C=CCN1CC(COCCCCC)OC1=O. The van der Waals surface area contributed by atoms with Crippen molar-refractivity contribution in [2.45, 2.75) is 32.3 Å². The summed E-state index contributed by atoms with van der Waals surface area (Å²) in [6.07, 6.45) is 4.78. The molecule has 0 aromatic heterocycles. The molecular weight excluding hydrogens is 206 g/mol. The molecule has 1 unspecified atom stereocenters. The van der Waals surface area contributed by atoms with E-state index in [-0.39, 0.29) is 12.2 Å². The van der Waals surface area contributed by atoms with E-state index < -0.39 is 0 Å². The lowest BCUT2D eigenvalue weighted by atomic mass is 10.3. The minimum atomic E-state index is -0.262. The standard InChI is InChI=1S/C12H21NO3/c1-3-5-6-8-15-10-11-9-13(7-4-2)12(14)16-11/h4,11H,2-3,5-10H2,1H3. The van der Waals surface area contributed by atoms with Gasteiger partial charge in [0.1, 0.15) is 6.10 Å². The van der Waals surface area contributed by atoms with E-state index in [9.17, 15) is 4.79 Å². The lowest BCUT2D eigenvalue weighted by molar-refractivity contribution is 0.0445. The molecule has 4 heteroatoms. The zero-order chi connectivity index (χ0) is 11.8. The molecule has 0 aromatic carbocycles. The van der Waals surface area contributed by atoms with Gasteiger partial charge in [-0.05, 0) is 6.42 Å². The molecule has 0 spiro atoms. The molecule has 92 valence electrons. The zero-order valence-corrected chi connectivity index (χ0v) is 9.98. The first-order chi connectivity index (χ1) is 7.77. The van der Waals surface area contributed by atoms with Gasteiger partial charge < -0.3 is 14.4 Å². The Kier molecular flexibility index (Phi) is 5.93. The van der Waals surface area contributed by atoms with Crippen molar-refractivity contribution in [3.8, 4) is 0 Å². The average molecular weight is 227 g/mol. The van der Waals surface area contributed by atoms with Gasteiger partial charge in [0.05, 0.1) is 13.2 Å². The Hall–Kier alpha value is -1.03. The highest BCUT2D eigenvalue weighted by Crippen LogP contribution is 2.11. The molecule has 0 saturated carbocycles. The summed E-state index contributed by atoms with van der Waals surface area (Å²) < 4.78 is 10.6. The Balaban J connectivity index is 2.10. The summed E-state index contributed by atoms with van der Waals surface area (Å²) in [5, 5.41) is 0. The van der Waals surface area contributed by atoms with E-state index in [1.54, 1.807) is 11.0 Å². The quantitative estimate of drug-likeness (QED) is 0.471. The number of hydrogen-bond donors (Lipinski definition) is 0. The van der Waals surface area contributed by atoms with E-state index in [0.29, 0.717) is 19.7 Å². The van der Waals surface area contributed by atoms with Gasteiger partial charge in [0.15, 0.2) is 0 Å². The lowest BCUT2D eigenvalue weighted by Crippen LogP contribution is -2.26. The summed E-state index contributed by atoms with van der Waals surface area (Å²) in [5.74, 6) is 0. The Bertz CT molecular complexity index is 230. The van der Waals surface area contributed by atoms with Crippen molar-refractivity contribution in [1.29, 1.82) is 0 Å². The number of rotatable bonds is 8. The van der Waals surface area contributed by atoms with Gasteiger partial charge in [-0.25, -0.2) is 4.79 Å². The van der Waals surface area contributed by atoms with Crippen LogP contribution < -0.4 is 0 Å². The number of amides is 1. The summed E-state index contributed by atoms with van der Waals surface area (Å²) in [5.41, 5.74) is 0. The van der Waals surface area contributed by atoms with Crippen LogP contribution in [0.1, 0.15) is 26.2 Å². The maximum absolute atomic E-state index is 11.3. The number of hydrogen-bond acceptors (Lipinski definition) is 3. The summed E-state index contributed by atoms with van der Waals surface area (Å²) in [4.78, 5) is 12.9. The number of carbonyl (C=O) groups excluding carboxylic acids is 1. The first-order valence-electron chi connectivity index (χ1n) is 5.92. The average Bonchev–Trinajstić information content (AvgIpc) is 2.60. The molecule has 1 saturated heterocycles. The van der Waals surface area contributed by atoms with Crippen LogP contribution >= 0.6 is 0 Å². The molecule has 1 aliphatic rings. The highest BCUT2D eigenvalue weighted by atomic mass is 16.6. The molecule has 0 N–H and O–H groups in total. The molecule has 1 heterocycles. The summed E-state index contributed by atoms with van der Waals surface area (Å²) in [6, 6.07) is 0. The van der Waals surface area contributed by atoms with E-state index in [4.69, 9.17) is 9.47 Å². The fraction of sp³-hybridized carbons (Fsp3) is 0.750. The number of ether oxygens (including phenoxy) is 2. The minimum Gasteiger partial charge on any atom is -0.442 e. The van der Waals surface area contributed by atoms with Crippen LogP contribution in [0.3, 0.4) is 0 Å². The van der Waals surface area contributed by atoms with Crippen molar-refractivity contribution in [1.82, 2.24) is 4.90 Å². The molecule has 4 nitrogen and oxygen atoms in total. The van der Waals surface area contributed by atoms with Crippen LogP contribution in [-0.4, -0.2) is 43.4 Å². The van der Waals surface area contributed by atoms with Crippen molar-refractivity contribution >= 4 is 6.09 Å². The summed E-state index contributed by atoms with van der Waals surface area (Å²) in [7, 11) is 0. The smallest absolute Gasteiger partial charge is 0.410 e. The highest BCUT2D eigenvalue weighted by Gasteiger charge is 2.30. The van der Waals surface area contributed by atoms with E-state index in [1.165, 1.54) is 12.8 Å². The van der Waals surface area contributed by atoms with Gasteiger partial charge in [0.2, 0.25) is 0 Å². The van der Waals surface area contributed by atoms with Gasteiger partial charge in [-0.2, -0.15) is 0 Å². The molecule has 16 heavy (non-hydrogen) atoms. The molecule has 0 radical (unpaired) electrons. The predicted octanol–water partition coefficient (Wildman–Crippen LogP) is 2.20. The number of carbonyl (C=O) groups is 1.